The number of amides is 1. The molecule has 0 bridgehead atoms. The zero-order valence-electron chi connectivity index (χ0n) is 18.0. The van der Waals surface area contributed by atoms with E-state index < -0.39 is 0 Å². The van der Waals surface area contributed by atoms with Crippen molar-refractivity contribution in [2.24, 2.45) is 0 Å². The van der Waals surface area contributed by atoms with Crippen molar-refractivity contribution in [1.29, 1.82) is 0 Å². The Balaban J connectivity index is 1.34. The molecule has 0 radical (unpaired) electrons. The van der Waals surface area contributed by atoms with Crippen LogP contribution in [-0.4, -0.2) is 47.1 Å². The van der Waals surface area contributed by atoms with E-state index in [1.807, 2.05) is 26.0 Å². The minimum atomic E-state index is -0.126. The zero-order chi connectivity index (χ0) is 21.8. The van der Waals surface area contributed by atoms with Crippen LogP contribution in [-0.2, 0) is 29.0 Å². The molecular formula is C23H28N4O3S. The highest BCUT2D eigenvalue weighted by Gasteiger charge is 2.14. The van der Waals surface area contributed by atoms with Gasteiger partial charge in [0, 0.05) is 43.9 Å². The normalized spacial score (nSPS) is 14.8. The number of ether oxygens (including phenoxy) is 1. The highest BCUT2D eigenvalue weighted by molar-refractivity contribution is 7.18. The van der Waals surface area contributed by atoms with Crippen LogP contribution in [0, 0.1) is 13.8 Å². The van der Waals surface area contributed by atoms with Gasteiger partial charge in [-0.25, -0.2) is 4.98 Å². The Morgan fingerprint density at radius 3 is 2.74 bits per heavy atom. The molecule has 0 atom stereocenters. The number of carbonyl (C=O) groups excluding carboxylic acids is 1. The van der Waals surface area contributed by atoms with Crippen LogP contribution in [0.1, 0.15) is 33.8 Å². The second-order valence-electron chi connectivity index (χ2n) is 7.91. The summed E-state index contributed by atoms with van der Waals surface area (Å²) in [7, 11) is 0. The van der Waals surface area contributed by atoms with E-state index in [4.69, 9.17) is 4.74 Å². The highest BCUT2D eigenvalue weighted by atomic mass is 32.1. The molecular weight excluding hydrogens is 412 g/mol. The molecule has 31 heavy (non-hydrogen) atoms. The standard InChI is InChI=1S/C23H28N4O3S/c1-15-16(2)31-23-21(15)22(29)25-19(26-23)7-8-20(28)24-13-17-5-3-4-6-18(17)14-27-9-11-30-12-10-27/h3-6H,7-14H2,1-2H3,(H,24,28)(H,25,26,29). The Kier molecular flexibility index (Phi) is 6.80. The molecule has 7 nitrogen and oxygen atoms in total. The van der Waals surface area contributed by atoms with Gasteiger partial charge in [0.2, 0.25) is 5.91 Å². The lowest BCUT2D eigenvalue weighted by Gasteiger charge is -2.27. The lowest BCUT2D eigenvalue weighted by molar-refractivity contribution is -0.121. The number of nitrogens with one attached hydrogen (secondary N) is 2. The summed E-state index contributed by atoms with van der Waals surface area (Å²) in [6.07, 6.45) is 0.686. The fraction of sp³-hybridized carbons (Fsp3) is 0.435. The first-order valence-corrected chi connectivity index (χ1v) is 11.5. The van der Waals surface area contributed by atoms with Crippen LogP contribution in [0.4, 0.5) is 0 Å². The third kappa shape index (κ3) is 5.20. The fourth-order valence-electron chi connectivity index (χ4n) is 3.82. The van der Waals surface area contributed by atoms with Crippen LogP contribution in [0.3, 0.4) is 0 Å². The molecule has 164 valence electrons. The van der Waals surface area contributed by atoms with Crippen LogP contribution >= 0.6 is 11.3 Å². The topological polar surface area (TPSA) is 87.3 Å². The number of benzene rings is 1. The van der Waals surface area contributed by atoms with Gasteiger partial charge in [0.15, 0.2) is 0 Å². The highest BCUT2D eigenvalue weighted by Crippen LogP contribution is 2.25. The number of aromatic nitrogens is 2. The molecule has 1 aliphatic heterocycles. The first kappa shape index (κ1) is 21.7. The van der Waals surface area contributed by atoms with Gasteiger partial charge in [-0.2, -0.15) is 0 Å². The molecule has 0 saturated carbocycles. The SMILES string of the molecule is Cc1sc2nc(CCC(=O)NCc3ccccc3CN3CCOCC3)[nH]c(=O)c2c1C. The van der Waals surface area contributed by atoms with Gasteiger partial charge in [0.1, 0.15) is 10.7 Å². The molecule has 1 saturated heterocycles. The minimum Gasteiger partial charge on any atom is -0.379 e. The largest absolute Gasteiger partial charge is 0.379 e. The average molecular weight is 441 g/mol. The third-order valence-electron chi connectivity index (χ3n) is 5.77. The Labute approximate surface area is 185 Å². The Morgan fingerprint density at radius 2 is 1.97 bits per heavy atom. The van der Waals surface area contributed by atoms with Gasteiger partial charge < -0.3 is 15.0 Å². The predicted molar refractivity (Wildman–Crippen MR) is 122 cm³/mol. The molecule has 2 aromatic heterocycles. The smallest absolute Gasteiger partial charge is 0.259 e. The van der Waals surface area contributed by atoms with Crippen LogP contribution in [0.5, 0.6) is 0 Å². The van der Waals surface area contributed by atoms with Crippen molar-refractivity contribution in [3.05, 3.63) is 62.0 Å². The zero-order valence-corrected chi connectivity index (χ0v) is 18.8. The van der Waals surface area contributed by atoms with Crippen LogP contribution in [0.15, 0.2) is 29.1 Å². The molecule has 8 heteroatoms. The van der Waals surface area contributed by atoms with Crippen LogP contribution < -0.4 is 10.9 Å². The van der Waals surface area contributed by atoms with Crippen molar-refractivity contribution in [2.75, 3.05) is 26.3 Å². The van der Waals surface area contributed by atoms with Crippen molar-refractivity contribution < 1.29 is 9.53 Å². The second-order valence-corrected chi connectivity index (χ2v) is 9.11. The number of aromatic amines is 1. The summed E-state index contributed by atoms with van der Waals surface area (Å²) >= 11 is 1.52. The van der Waals surface area contributed by atoms with Gasteiger partial charge in [-0.15, -0.1) is 11.3 Å². The fourth-order valence-corrected chi connectivity index (χ4v) is 4.87. The number of carbonyl (C=O) groups is 1. The van der Waals surface area contributed by atoms with E-state index >= 15 is 0 Å². The van der Waals surface area contributed by atoms with Gasteiger partial charge in [0.05, 0.1) is 18.6 Å². The number of thiophene rings is 1. The summed E-state index contributed by atoms with van der Waals surface area (Å²) in [5, 5.41) is 3.67. The Morgan fingerprint density at radius 1 is 1.23 bits per heavy atom. The first-order valence-electron chi connectivity index (χ1n) is 10.6. The van der Waals surface area contributed by atoms with E-state index in [0.29, 0.717) is 24.2 Å². The van der Waals surface area contributed by atoms with Crippen LogP contribution in [0.2, 0.25) is 0 Å². The van der Waals surface area contributed by atoms with Crippen LogP contribution in [0.25, 0.3) is 10.2 Å². The number of hydrogen-bond donors (Lipinski definition) is 2. The molecule has 4 rings (SSSR count). The van der Waals surface area contributed by atoms with Gasteiger partial charge in [-0.1, -0.05) is 24.3 Å². The summed E-state index contributed by atoms with van der Waals surface area (Å²) in [6.45, 7) is 8.68. The maximum Gasteiger partial charge on any atom is 0.259 e. The molecule has 0 aliphatic carbocycles. The maximum absolute atomic E-state index is 12.4. The molecule has 3 heterocycles. The summed E-state index contributed by atoms with van der Waals surface area (Å²) in [4.78, 5) is 36.4. The predicted octanol–water partition coefficient (Wildman–Crippen LogP) is 2.68. The Hall–Kier alpha value is -2.55. The number of hydrogen-bond acceptors (Lipinski definition) is 6. The molecule has 1 fully saturated rings. The Bertz CT molecular complexity index is 1130. The summed E-state index contributed by atoms with van der Waals surface area (Å²) in [6, 6.07) is 8.21. The summed E-state index contributed by atoms with van der Waals surface area (Å²) in [5.41, 5.74) is 3.21. The quantitative estimate of drug-likeness (QED) is 0.590. The van der Waals surface area contributed by atoms with E-state index in [2.05, 4.69) is 32.3 Å². The lowest BCUT2D eigenvalue weighted by atomic mass is 10.1. The van der Waals surface area contributed by atoms with Crippen molar-refractivity contribution in [3.8, 4) is 0 Å². The van der Waals surface area contributed by atoms with Crippen molar-refractivity contribution in [3.63, 3.8) is 0 Å². The average Bonchev–Trinajstić information content (AvgIpc) is 3.06. The molecule has 0 unspecified atom stereocenters. The maximum atomic E-state index is 12.4. The van der Waals surface area contributed by atoms with Crippen molar-refractivity contribution >= 4 is 27.5 Å². The van der Waals surface area contributed by atoms with Gasteiger partial charge >= 0.3 is 0 Å². The van der Waals surface area contributed by atoms with Crippen molar-refractivity contribution in [1.82, 2.24) is 20.2 Å². The molecule has 1 aromatic carbocycles. The molecule has 2 N–H and O–H groups in total. The molecule has 1 amide bonds. The molecule has 0 spiro atoms. The number of aryl methyl sites for hydroxylation is 3. The first-order chi connectivity index (χ1) is 15.0. The van der Waals surface area contributed by atoms with E-state index in [-0.39, 0.29) is 17.9 Å². The number of H-pyrrole nitrogens is 1. The number of nitrogens with zero attached hydrogens (tertiary/aromatic N) is 2. The van der Waals surface area contributed by atoms with Gasteiger partial charge in [-0.3, -0.25) is 14.5 Å². The van der Waals surface area contributed by atoms with E-state index in [0.717, 1.165) is 53.7 Å². The van der Waals surface area contributed by atoms with E-state index in [1.165, 1.54) is 16.9 Å². The molecule has 1 aliphatic rings. The number of rotatable bonds is 7. The van der Waals surface area contributed by atoms with Gasteiger partial charge in [-0.05, 0) is 30.5 Å². The van der Waals surface area contributed by atoms with Gasteiger partial charge in [0.25, 0.3) is 5.56 Å². The van der Waals surface area contributed by atoms with E-state index in [1.54, 1.807) is 0 Å². The number of fused-ring (bicyclic) bond motifs is 1. The lowest BCUT2D eigenvalue weighted by Crippen LogP contribution is -2.36. The monoisotopic (exact) mass is 440 g/mol. The van der Waals surface area contributed by atoms with E-state index in [9.17, 15) is 9.59 Å². The minimum absolute atomic E-state index is 0.0533. The summed E-state index contributed by atoms with van der Waals surface area (Å²) < 4.78 is 5.42. The second kappa shape index (κ2) is 9.72. The molecule has 3 aromatic rings. The number of morpholine rings is 1. The third-order valence-corrected chi connectivity index (χ3v) is 6.87. The van der Waals surface area contributed by atoms with Crippen molar-refractivity contribution in [2.45, 2.75) is 39.8 Å². The summed E-state index contributed by atoms with van der Waals surface area (Å²) in [5.74, 6) is 0.504.